The molecule has 5 heteroatoms. The lowest BCUT2D eigenvalue weighted by Gasteiger charge is -2.21. The molecule has 0 aromatic heterocycles. The first-order chi connectivity index (χ1) is 16.4. The Labute approximate surface area is 220 Å². The minimum absolute atomic E-state index is 0.438. The van der Waals surface area contributed by atoms with Crippen molar-refractivity contribution in [3.8, 4) is 0 Å². The van der Waals surface area contributed by atoms with Gasteiger partial charge in [0.05, 0.1) is 19.8 Å². The van der Waals surface area contributed by atoms with Gasteiger partial charge in [-0.3, -0.25) is 13.6 Å². The smallest absolute Gasteiger partial charge is 0.287 e. The monoisotopic (exact) mass is 518 g/mol. The highest BCUT2D eigenvalue weighted by atomic mass is 31.2. The molecule has 0 rings (SSSR count). The van der Waals surface area contributed by atoms with Gasteiger partial charge in [0.15, 0.2) is 0 Å². The zero-order valence-electron chi connectivity index (χ0n) is 25.2. The second-order valence-corrected chi connectivity index (χ2v) is 14.3. The summed E-state index contributed by atoms with van der Waals surface area (Å²) >= 11 is 0. The summed E-state index contributed by atoms with van der Waals surface area (Å²) in [4.78, 5) is 0. The molecule has 0 aliphatic carbocycles. The van der Waals surface area contributed by atoms with E-state index in [2.05, 4.69) is 62.3 Å². The molecule has 3 unspecified atom stereocenters. The highest BCUT2D eigenvalue weighted by Crippen LogP contribution is 2.50. The van der Waals surface area contributed by atoms with Gasteiger partial charge in [-0.25, -0.2) is 4.57 Å². The topological polar surface area (TPSA) is 44.8 Å². The van der Waals surface area contributed by atoms with Gasteiger partial charge in [0.1, 0.15) is 0 Å². The summed E-state index contributed by atoms with van der Waals surface area (Å²) in [6.45, 7) is 21.7. The van der Waals surface area contributed by atoms with E-state index >= 15 is 0 Å². The number of hydrogen-bond acceptors (Lipinski definition) is 4. The van der Waals surface area contributed by atoms with Gasteiger partial charge in [-0.15, -0.1) is 0 Å². The predicted molar refractivity (Wildman–Crippen MR) is 153 cm³/mol. The number of hydrogen-bond donors (Lipinski definition) is 0. The molecule has 0 aromatic carbocycles. The standard InChI is InChI=1S/C30H63O4P/c1-25(2)13-10-16-28(7)19-22-32-35(31,33-23-20-29(8)17-11-14-26(3)4)34-24-21-30(9)18-12-15-27(5)6/h25-30H,10-24H2,1-9H3. The van der Waals surface area contributed by atoms with Crippen LogP contribution in [0.1, 0.15) is 139 Å². The van der Waals surface area contributed by atoms with Gasteiger partial charge in [-0.05, 0) is 54.8 Å². The highest BCUT2D eigenvalue weighted by Gasteiger charge is 2.27. The molecule has 0 saturated heterocycles. The lowest BCUT2D eigenvalue weighted by atomic mass is 9.98. The first kappa shape index (κ1) is 35.1. The van der Waals surface area contributed by atoms with Crippen LogP contribution in [0.5, 0.6) is 0 Å². The minimum atomic E-state index is -3.51. The van der Waals surface area contributed by atoms with Crippen LogP contribution >= 0.6 is 7.82 Å². The van der Waals surface area contributed by atoms with E-state index in [9.17, 15) is 4.57 Å². The van der Waals surface area contributed by atoms with Crippen molar-refractivity contribution < 1.29 is 18.1 Å². The second-order valence-electron chi connectivity index (χ2n) is 12.6. The number of rotatable bonds is 24. The van der Waals surface area contributed by atoms with E-state index in [1.807, 2.05) is 0 Å². The molecular weight excluding hydrogens is 455 g/mol. The third kappa shape index (κ3) is 23.0. The summed E-state index contributed by atoms with van der Waals surface area (Å²) < 4.78 is 30.9. The molecule has 3 atom stereocenters. The molecule has 0 aliphatic rings. The van der Waals surface area contributed by atoms with E-state index in [1.165, 1.54) is 57.8 Å². The Morgan fingerprint density at radius 2 is 0.686 bits per heavy atom. The van der Waals surface area contributed by atoms with Gasteiger partial charge in [0, 0.05) is 0 Å². The molecule has 0 aliphatic heterocycles. The van der Waals surface area contributed by atoms with Crippen molar-refractivity contribution in [3.05, 3.63) is 0 Å². The highest BCUT2D eigenvalue weighted by molar-refractivity contribution is 7.48. The van der Waals surface area contributed by atoms with E-state index in [4.69, 9.17) is 13.6 Å². The lowest BCUT2D eigenvalue weighted by molar-refractivity contribution is 0.0994. The van der Waals surface area contributed by atoms with Gasteiger partial charge in [-0.1, -0.05) is 120 Å². The van der Waals surface area contributed by atoms with Crippen molar-refractivity contribution in [1.82, 2.24) is 0 Å². The molecule has 0 heterocycles. The van der Waals surface area contributed by atoms with Gasteiger partial charge in [0.25, 0.3) is 0 Å². The molecule has 0 bridgehead atoms. The van der Waals surface area contributed by atoms with Crippen molar-refractivity contribution in [2.24, 2.45) is 35.5 Å². The third-order valence-electron chi connectivity index (χ3n) is 7.02. The van der Waals surface area contributed by atoms with Crippen LogP contribution in [0.2, 0.25) is 0 Å². The van der Waals surface area contributed by atoms with Crippen LogP contribution < -0.4 is 0 Å². The van der Waals surface area contributed by atoms with E-state index in [1.54, 1.807) is 0 Å². The maximum atomic E-state index is 13.4. The molecular formula is C30H63O4P. The van der Waals surface area contributed by atoms with Crippen molar-refractivity contribution >= 4 is 7.82 Å². The maximum absolute atomic E-state index is 13.4. The fourth-order valence-corrected chi connectivity index (χ4v) is 5.48. The SMILES string of the molecule is CC(C)CCCC(C)CCOP(=O)(OCCC(C)CCCC(C)C)OCCC(C)CCCC(C)C. The maximum Gasteiger partial charge on any atom is 0.474 e. The average Bonchev–Trinajstić information content (AvgIpc) is 2.73. The Hall–Kier alpha value is 0.110. The molecule has 4 nitrogen and oxygen atoms in total. The molecule has 0 N–H and O–H groups in total. The molecule has 212 valence electrons. The van der Waals surface area contributed by atoms with E-state index in [0.717, 1.165) is 37.0 Å². The van der Waals surface area contributed by atoms with Crippen LogP contribution in [0.25, 0.3) is 0 Å². The van der Waals surface area contributed by atoms with Crippen molar-refractivity contribution in [3.63, 3.8) is 0 Å². The van der Waals surface area contributed by atoms with Crippen LogP contribution in [0.3, 0.4) is 0 Å². The van der Waals surface area contributed by atoms with Crippen molar-refractivity contribution in [1.29, 1.82) is 0 Å². The molecule has 35 heavy (non-hydrogen) atoms. The molecule has 0 spiro atoms. The Balaban J connectivity index is 4.55. The fourth-order valence-electron chi connectivity index (χ4n) is 4.27. The van der Waals surface area contributed by atoms with Crippen molar-refractivity contribution in [2.45, 2.75) is 139 Å². The Bertz CT molecular complexity index is 449. The lowest BCUT2D eigenvalue weighted by Crippen LogP contribution is -2.09. The summed E-state index contributed by atoms with van der Waals surface area (Å²) in [7, 11) is -3.51. The normalized spacial score (nSPS) is 16.7. The zero-order valence-corrected chi connectivity index (χ0v) is 26.0. The quantitative estimate of drug-likeness (QED) is 0.119. The van der Waals surface area contributed by atoms with Gasteiger partial charge >= 0.3 is 7.82 Å². The van der Waals surface area contributed by atoms with E-state index < -0.39 is 7.82 Å². The summed E-state index contributed by atoms with van der Waals surface area (Å²) in [5, 5.41) is 0. The first-order valence-electron chi connectivity index (χ1n) is 15.0. The largest absolute Gasteiger partial charge is 0.474 e. The number of phosphoric acid groups is 1. The van der Waals surface area contributed by atoms with Crippen LogP contribution in [0.4, 0.5) is 0 Å². The van der Waals surface area contributed by atoms with Crippen LogP contribution in [-0.4, -0.2) is 19.8 Å². The van der Waals surface area contributed by atoms with Gasteiger partial charge in [-0.2, -0.15) is 0 Å². The summed E-state index contributed by atoms with van der Waals surface area (Å²) in [6.07, 6.45) is 13.8. The minimum Gasteiger partial charge on any atom is -0.287 e. The molecule has 0 fully saturated rings. The van der Waals surface area contributed by atoms with Gasteiger partial charge in [0.2, 0.25) is 0 Å². The summed E-state index contributed by atoms with van der Waals surface area (Å²) in [6, 6.07) is 0. The fraction of sp³-hybridized carbons (Fsp3) is 1.00. The Morgan fingerprint density at radius 3 is 0.914 bits per heavy atom. The van der Waals surface area contributed by atoms with E-state index in [-0.39, 0.29) is 0 Å². The predicted octanol–water partition coefficient (Wildman–Crippen LogP) is 10.7. The molecule has 0 amide bonds. The molecule has 0 aromatic rings. The number of phosphoric ester groups is 1. The van der Waals surface area contributed by atoms with Crippen LogP contribution in [0, 0.1) is 35.5 Å². The second kappa shape index (κ2) is 21.1. The third-order valence-corrected chi connectivity index (χ3v) is 8.51. The Morgan fingerprint density at radius 1 is 0.429 bits per heavy atom. The van der Waals surface area contributed by atoms with E-state index in [0.29, 0.717) is 37.6 Å². The first-order valence-corrected chi connectivity index (χ1v) is 16.4. The van der Waals surface area contributed by atoms with Crippen LogP contribution in [-0.2, 0) is 18.1 Å². The molecule has 0 radical (unpaired) electrons. The zero-order chi connectivity index (χ0) is 26.7. The van der Waals surface area contributed by atoms with Gasteiger partial charge < -0.3 is 0 Å². The molecule has 0 saturated carbocycles. The average molecular weight is 519 g/mol. The Kier molecular flexibility index (Phi) is 21.2. The van der Waals surface area contributed by atoms with Crippen LogP contribution in [0.15, 0.2) is 0 Å². The summed E-state index contributed by atoms with van der Waals surface area (Å²) in [5.41, 5.74) is 0. The van der Waals surface area contributed by atoms with Crippen molar-refractivity contribution in [2.75, 3.05) is 19.8 Å². The summed E-state index contributed by atoms with van der Waals surface area (Å²) in [5.74, 6) is 3.93.